The summed E-state index contributed by atoms with van der Waals surface area (Å²) in [4.78, 5) is 5.07. The molecule has 0 spiro atoms. The molecule has 4 nitrogen and oxygen atoms in total. The first kappa shape index (κ1) is 17.0. The molecule has 1 saturated heterocycles. The van der Waals surface area contributed by atoms with E-state index in [0.717, 1.165) is 49.4 Å². The summed E-state index contributed by atoms with van der Waals surface area (Å²) in [5.41, 5.74) is 2.30. The van der Waals surface area contributed by atoms with Crippen molar-refractivity contribution in [2.45, 2.75) is 31.8 Å². The first-order valence-corrected chi connectivity index (χ1v) is 9.45. The maximum atomic E-state index is 13.5. The van der Waals surface area contributed by atoms with Crippen LogP contribution in [-0.4, -0.2) is 58.3 Å². The van der Waals surface area contributed by atoms with Gasteiger partial charge in [-0.25, -0.2) is 4.39 Å². The molecule has 25 heavy (non-hydrogen) atoms. The number of piperazine rings is 1. The van der Waals surface area contributed by atoms with E-state index >= 15 is 0 Å². The van der Waals surface area contributed by atoms with Crippen molar-refractivity contribution in [3.05, 3.63) is 35.8 Å². The van der Waals surface area contributed by atoms with E-state index in [1.807, 2.05) is 6.07 Å². The van der Waals surface area contributed by atoms with Crippen molar-refractivity contribution in [2.24, 2.45) is 13.0 Å². The van der Waals surface area contributed by atoms with Crippen LogP contribution in [-0.2, 0) is 13.6 Å². The average Bonchev–Trinajstić information content (AvgIpc) is 3.35. The van der Waals surface area contributed by atoms with Crippen LogP contribution >= 0.6 is 0 Å². The Morgan fingerprint density at radius 1 is 1.20 bits per heavy atom. The highest BCUT2D eigenvalue weighted by atomic mass is 19.1. The van der Waals surface area contributed by atoms with Crippen LogP contribution in [0.4, 0.5) is 4.39 Å². The molecule has 0 unspecified atom stereocenters. The summed E-state index contributed by atoms with van der Waals surface area (Å²) in [5.74, 6) is 0.710. The number of benzene rings is 1. The second kappa shape index (κ2) is 7.06. The van der Waals surface area contributed by atoms with Crippen LogP contribution in [0.2, 0.25) is 0 Å². The number of halogens is 1. The fraction of sp³-hybridized carbons (Fsp3) is 0.600. The van der Waals surface area contributed by atoms with E-state index in [1.54, 1.807) is 6.07 Å². The van der Waals surface area contributed by atoms with Crippen LogP contribution in [0.25, 0.3) is 10.9 Å². The number of hydrogen-bond donors (Lipinski definition) is 1. The molecule has 2 fully saturated rings. The molecule has 1 N–H and O–H groups in total. The molecule has 5 heteroatoms. The molecule has 0 bridgehead atoms. The van der Waals surface area contributed by atoms with Gasteiger partial charge in [-0.1, -0.05) is 0 Å². The summed E-state index contributed by atoms with van der Waals surface area (Å²) in [6.45, 7) is 5.48. The minimum absolute atomic E-state index is 0.179. The maximum Gasteiger partial charge on any atom is 0.123 e. The van der Waals surface area contributed by atoms with Gasteiger partial charge in [0.05, 0.1) is 0 Å². The van der Waals surface area contributed by atoms with E-state index in [9.17, 15) is 9.50 Å². The van der Waals surface area contributed by atoms with Gasteiger partial charge in [0.25, 0.3) is 0 Å². The van der Waals surface area contributed by atoms with E-state index in [-0.39, 0.29) is 12.4 Å². The first-order chi connectivity index (χ1) is 12.1. The molecular weight excluding hydrogens is 317 g/mol. The zero-order valence-corrected chi connectivity index (χ0v) is 15.0. The van der Waals surface area contributed by atoms with E-state index in [0.29, 0.717) is 6.04 Å². The lowest BCUT2D eigenvalue weighted by molar-refractivity contribution is 0.0513. The lowest BCUT2D eigenvalue weighted by atomic mass is 10.1. The number of fused-ring (bicyclic) bond motifs is 1. The molecule has 1 aliphatic heterocycles. The summed E-state index contributed by atoms with van der Waals surface area (Å²) in [7, 11) is 2.06. The number of aromatic nitrogens is 1. The van der Waals surface area contributed by atoms with Crippen LogP contribution in [0.15, 0.2) is 24.3 Å². The third-order valence-electron chi connectivity index (χ3n) is 5.83. The molecular formula is C20H28FN3O. The van der Waals surface area contributed by atoms with Gasteiger partial charge in [0, 0.05) is 69.0 Å². The van der Waals surface area contributed by atoms with E-state index < -0.39 is 0 Å². The number of nitrogens with zero attached hydrogens (tertiary/aromatic N) is 3. The third kappa shape index (κ3) is 3.73. The van der Waals surface area contributed by atoms with Gasteiger partial charge >= 0.3 is 0 Å². The Bertz CT molecular complexity index is 740. The van der Waals surface area contributed by atoms with Gasteiger partial charge < -0.3 is 9.67 Å². The Kier molecular flexibility index (Phi) is 4.80. The molecule has 2 aliphatic rings. The van der Waals surface area contributed by atoms with Crippen LogP contribution in [0, 0.1) is 11.7 Å². The van der Waals surface area contributed by atoms with Gasteiger partial charge in [0.15, 0.2) is 0 Å². The number of aliphatic hydroxyl groups is 1. The summed E-state index contributed by atoms with van der Waals surface area (Å²) in [6, 6.07) is 7.55. The van der Waals surface area contributed by atoms with Gasteiger partial charge in [-0.05, 0) is 49.4 Å². The average molecular weight is 345 g/mol. The molecule has 136 valence electrons. The van der Waals surface area contributed by atoms with E-state index in [2.05, 4.69) is 27.5 Å². The predicted molar refractivity (Wildman–Crippen MR) is 97.9 cm³/mol. The first-order valence-electron chi connectivity index (χ1n) is 9.45. The largest absolute Gasteiger partial charge is 0.396 e. The number of aliphatic hydroxyl groups excluding tert-OH is 1. The SMILES string of the molecule is Cn1c(CN2CCN(CC3CC3)[C@H](CCO)C2)cc2cc(F)ccc21. The monoisotopic (exact) mass is 345 g/mol. The van der Waals surface area contributed by atoms with Crippen molar-refractivity contribution in [1.29, 1.82) is 0 Å². The zero-order valence-electron chi connectivity index (χ0n) is 15.0. The van der Waals surface area contributed by atoms with Crippen molar-refractivity contribution in [2.75, 3.05) is 32.8 Å². The predicted octanol–water partition coefficient (Wildman–Crippen LogP) is 2.60. The van der Waals surface area contributed by atoms with Crippen molar-refractivity contribution in [3.63, 3.8) is 0 Å². The molecule has 1 aliphatic carbocycles. The Balaban J connectivity index is 1.46. The molecule has 1 aromatic carbocycles. The minimum atomic E-state index is -0.179. The molecule has 2 aromatic rings. The van der Waals surface area contributed by atoms with Gasteiger partial charge in [-0.2, -0.15) is 0 Å². The number of rotatable bonds is 6. The van der Waals surface area contributed by atoms with Gasteiger partial charge in [0.1, 0.15) is 5.82 Å². The molecule has 1 saturated carbocycles. The van der Waals surface area contributed by atoms with Gasteiger partial charge in [0.2, 0.25) is 0 Å². The third-order valence-corrected chi connectivity index (χ3v) is 5.83. The second-order valence-corrected chi connectivity index (χ2v) is 7.74. The van der Waals surface area contributed by atoms with Crippen molar-refractivity contribution in [3.8, 4) is 0 Å². The van der Waals surface area contributed by atoms with E-state index in [1.165, 1.54) is 31.1 Å². The topological polar surface area (TPSA) is 31.6 Å². The van der Waals surface area contributed by atoms with Crippen LogP contribution in [0.1, 0.15) is 25.0 Å². The summed E-state index contributed by atoms with van der Waals surface area (Å²) < 4.78 is 15.6. The molecule has 1 atom stereocenters. The fourth-order valence-electron chi connectivity index (χ4n) is 4.15. The number of hydrogen-bond acceptors (Lipinski definition) is 3. The second-order valence-electron chi connectivity index (χ2n) is 7.74. The lowest BCUT2D eigenvalue weighted by Gasteiger charge is -2.41. The van der Waals surface area contributed by atoms with Gasteiger partial charge in [-0.3, -0.25) is 9.80 Å². The Labute approximate surface area is 148 Å². The lowest BCUT2D eigenvalue weighted by Crippen LogP contribution is -2.53. The highest BCUT2D eigenvalue weighted by Gasteiger charge is 2.31. The Morgan fingerprint density at radius 3 is 2.80 bits per heavy atom. The molecule has 1 aromatic heterocycles. The van der Waals surface area contributed by atoms with Crippen molar-refractivity contribution < 1.29 is 9.50 Å². The Morgan fingerprint density at radius 2 is 2.04 bits per heavy atom. The number of aryl methyl sites for hydroxylation is 1. The summed E-state index contributed by atoms with van der Waals surface area (Å²) in [6.07, 6.45) is 3.60. The quantitative estimate of drug-likeness (QED) is 0.873. The standard InChI is InChI=1S/C20H28FN3O/c1-22-19(11-16-10-17(21)4-5-20(16)22)14-23-7-8-24(12-15-2-3-15)18(13-23)6-9-25/h4-5,10-11,15,18,25H,2-3,6-9,12-14H2,1H3/t18-/m1/s1. The maximum absolute atomic E-state index is 13.5. The van der Waals surface area contributed by atoms with Crippen LogP contribution in [0.3, 0.4) is 0 Å². The summed E-state index contributed by atoms with van der Waals surface area (Å²) in [5, 5.41) is 10.4. The zero-order chi connectivity index (χ0) is 17.4. The van der Waals surface area contributed by atoms with Crippen molar-refractivity contribution >= 4 is 10.9 Å². The van der Waals surface area contributed by atoms with Gasteiger partial charge in [-0.15, -0.1) is 0 Å². The Hall–Kier alpha value is -1.43. The van der Waals surface area contributed by atoms with E-state index in [4.69, 9.17) is 0 Å². The minimum Gasteiger partial charge on any atom is -0.396 e. The molecule has 2 heterocycles. The molecule has 4 rings (SSSR count). The smallest absolute Gasteiger partial charge is 0.123 e. The van der Waals surface area contributed by atoms with Crippen LogP contribution < -0.4 is 0 Å². The highest BCUT2D eigenvalue weighted by molar-refractivity contribution is 5.81. The molecule has 0 radical (unpaired) electrons. The normalized spacial score (nSPS) is 22.8. The molecule has 0 amide bonds. The highest BCUT2D eigenvalue weighted by Crippen LogP contribution is 2.31. The van der Waals surface area contributed by atoms with Crippen LogP contribution in [0.5, 0.6) is 0 Å². The fourth-order valence-corrected chi connectivity index (χ4v) is 4.15. The van der Waals surface area contributed by atoms with Crippen molar-refractivity contribution in [1.82, 2.24) is 14.4 Å². The summed E-state index contributed by atoms with van der Waals surface area (Å²) >= 11 is 0.